The van der Waals surface area contributed by atoms with Crippen LogP contribution in [0.5, 0.6) is 5.75 Å². The number of ether oxygens (including phenoxy) is 1. The molecular formula is C9H17N5O3S. The molecule has 0 bridgehead atoms. The molecule has 1 unspecified atom stereocenters. The minimum atomic E-state index is -3.07. The first-order chi connectivity index (χ1) is 8.37. The molecule has 4 N–H and O–H groups in total. The fraction of sp³-hybridized carbons (Fsp3) is 0.556. The molecule has 0 aliphatic rings. The van der Waals surface area contributed by atoms with E-state index in [1.165, 1.54) is 19.7 Å². The van der Waals surface area contributed by atoms with Gasteiger partial charge in [0.15, 0.2) is 11.6 Å². The normalized spacial score (nSPS) is 12.9. The third kappa shape index (κ3) is 4.00. The van der Waals surface area contributed by atoms with E-state index in [0.717, 1.165) is 0 Å². The molecular weight excluding hydrogens is 258 g/mol. The molecule has 102 valence electrons. The van der Waals surface area contributed by atoms with Gasteiger partial charge in [-0.05, 0) is 6.92 Å². The monoisotopic (exact) mass is 275 g/mol. The van der Waals surface area contributed by atoms with E-state index in [-0.39, 0.29) is 11.8 Å². The topological polar surface area (TPSA) is 119 Å². The number of hydrazine groups is 1. The zero-order valence-electron chi connectivity index (χ0n) is 10.5. The van der Waals surface area contributed by atoms with Crippen molar-refractivity contribution in [2.75, 3.05) is 29.9 Å². The summed E-state index contributed by atoms with van der Waals surface area (Å²) in [5.74, 6) is 6.32. The Bertz CT molecular complexity index is 505. The number of anilines is 2. The van der Waals surface area contributed by atoms with Crippen LogP contribution in [0.15, 0.2) is 6.33 Å². The number of nitrogen functional groups attached to an aromatic ring is 1. The van der Waals surface area contributed by atoms with Crippen LogP contribution in [-0.2, 0) is 9.84 Å². The van der Waals surface area contributed by atoms with Crippen molar-refractivity contribution in [2.24, 2.45) is 5.84 Å². The molecule has 0 saturated heterocycles. The minimum Gasteiger partial charge on any atom is -0.490 e. The van der Waals surface area contributed by atoms with E-state index in [9.17, 15) is 8.42 Å². The minimum absolute atomic E-state index is 0.00839. The molecule has 1 aromatic rings. The van der Waals surface area contributed by atoms with Crippen molar-refractivity contribution >= 4 is 21.5 Å². The second kappa shape index (κ2) is 5.83. The van der Waals surface area contributed by atoms with Crippen LogP contribution < -0.4 is 21.3 Å². The second-order valence-electron chi connectivity index (χ2n) is 3.89. The summed E-state index contributed by atoms with van der Waals surface area (Å²) in [6, 6.07) is -0.311. The fourth-order valence-corrected chi connectivity index (χ4v) is 2.49. The molecule has 0 amide bonds. The number of nitrogens with zero attached hydrogens (tertiary/aromatic N) is 2. The number of nitrogens with two attached hydrogens (primary N) is 1. The van der Waals surface area contributed by atoms with Gasteiger partial charge < -0.3 is 15.5 Å². The predicted octanol–water partition coefficient (Wildman–Crippen LogP) is -0.384. The van der Waals surface area contributed by atoms with Gasteiger partial charge in [0.25, 0.3) is 0 Å². The highest BCUT2D eigenvalue weighted by Crippen LogP contribution is 2.28. The number of nitrogens with one attached hydrogen (secondary N) is 2. The van der Waals surface area contributed by atoms with Gasteiger partial charge in [-0.15, -0.1) is 0 Å². The number of hydrogen-bond acceptors (Lipinski definition) is 8. The maximum atomic E-state index is 11.2. The zero-order valence-corrected chi connectivity index (χ0v) is 11.3. The van der Waals surface area contributed by atoms with Crippen molar-refractivity contribution in [3.05, 3.63) is 6.33 Å². The van der Waals surface area contributed by atoms with E-state index in [1.807, 2.05) is 0 Å². The molecule has 0 saturated carbocycles. The molecule has 0 radical (unpaired) electrons. The lowest BCUT2D eigenvalue weighted by Crippen LogP contribution is -2.26. The van der Waals surface area contributed by atoms with E-state index in [1.54, 1.807) is 6.92 Å². The number of aromatic nitrogens is 2. The summed E-state index contributed by atoms with van der Waals surface area (Å²) in [5, 5.41) is 2.94. The molecule has 1 atom stereocenters. The first-order valence-corrected chi connectivity index (χ1v) is 7.23. The standard InChI is InChI=1S/C9H17N5O3S/c1-6(4-18(3,15)16)13-8-7(17-2)9(14-10)12-5-11-8/h5-6H,4,10H2,1-3H3,(H2,11,12,13,14). The zero-order chi connectivity index (χ0) is 13.8. The number of rotatable bonds is 6. The van der Waals surface area contributed by atoms with Crippen LogP contribution >= 0.6 is 0 Å². The van der Waals surface area contributed by atoms with Gasteiger partial charge in [0.2, 0.25) is 5.75 Å². The van der Waals surface area contributed by atoms with Crippen LogP contribution in [0.2, 0.25) is 0 Å². The molecule has 0 aliphatic carbocycles. The SMILES string of the molecule is COc1c(NN)ncnc1NC(C)CS(C)(=O)=O. The van der Waals surface area contributed by atoms with Gasteiger partial charge in [-0.1, -0.05) is 0 Å². The Morgan fingerprint density at radius 3 is 2.56 bits per heavy atom. The van der Waals surface area contributed by atoms with Crippen molar-refractivity contribution in [3.63, 3.8) is 0 Å². The van der Waals surface area contributed by atoms with Crippen molar-refractivity contribution < 1.29 is 13.2 Å². The molecule has 18 heavy (non-hydrogen) atoms. The fourth-order valence-electron chi connectivity index (χ4n) is 1.50. The van der Waals surface area contributed by atoms with Crippen LogP contribution in [-0.4, -0.2) is 43.5 Å². The number of hydrogen-bond donors (Lipinski definition) is 3. The summed E-state index contributed by atoms with van der Waals surface area (Å²) >= 11 is 0. The molecule has 9 heteroatoms. The summed E-state index contributed by atoms with van der Waals surface area (Å²) in [6.07, 6.45) is 2.47. The highest BCUT2D eigenvalue weighted by atomic mass is 32.2. The third-order valence-corrected chi connectivity index (χ3v) is 3.19. The van der Waals surface area contributed by atoms with Crippen LogP contribution in [0.4, 0.5) is 11.6 Å². The Hall–Kier alpha value is -1.61. The largest absolute Gasteiger partial charge is 0.490 e. The molecule has 1 rings (SSSR count). The Morgan fingerprint density at radius 1 is 1.44 bits per heavy atom. The molecule has 1 heterocycles. The highest BCUT2D eigenvalue weighted by Gasteiger charge is 2.16. The average Bonchev–Trinajstić information content (AvgIpc) is 2.25. The Balaban J connectivity index is 2.90. The van der Waals surface area contributed by atoms with E-state index in [2.05, 4.69) is 20.7 Å². The maximum Gasteiger partial charge on any atom is 0.205 e. The van der Waals surface area contributed by atoms with Gasteiger partial charge in [0.1, 0.15) is 16.2 Å². The average molecular weight is 275 g/mol. The van der Waals surface area contributed by atoms with E-state index in [0.29, 0.717) is 17.4 Å². The maximum absolute atomic E-state index is 11.2. The van der Waals surface area contributed by atoms with Crippen LogP contribution in [0.25, 0.3) is 0 Å². The van der Waals surface area contributed by atoms with Gasteiger partial charge in [-0.2, -0.15) is 0 Å². The smallest absolute Gasteiger partial charge is 0.205 e. The van der Waals surface area contributed by atoms with Crippen LogP contribution in [0.3, 0.4) is 0 Å². The Kier molecular flexibility index (Phi) is 4.68. The first-order valence-electron chi connectivity index (χ1n) is 5.17. The van der Waals surface area contributed by atoms with Gasteiger partial charge >= 0.3 is 0 Å². The molecule has 0 aromatic carbocycles. The van der Waals surface area contributed by atoms with Crippen molar-refractivity contribution in [2.45, 2.75) is 13.0 Å². The Labute approximate surface area is 106 Å². The molecule has 8 nitrogen and oxygen atoms in total. The lowest BCUT2D eigenvalue weighted by molar-refractivity contribution is 0.414. The van der Waals surface area contributed by atoms with E-state index in [4.69, 9.17) is 10.6 Å². The summed E-state index contributed by atoms with van der Waals surface area (Å²) < 4.78 is 27.5. The summed E-state index contributed by atoms with van der Waals surface area (Å²) in [5.41, 5.74) is 2.37. The second-order valence-corrected chi connectivity index (χ2v) is 6.07. The Morgan fingerprint density at radius 2 is 2.06 bits per heavy atom. The first kappa shape index (κ1) is 14.5. The third-order valence-electron chi connectivity index (χ3n) is 2.08. The predicted molar refractivity (Wildman–Crippen MR) is 69.2 cm³/mol. The molecule has 0 spiro atoms. The van der Waals surface area contributed by atoms with Crippen molar-refractivity contribution in [1.29, 1.82) is 0 Å². The van der Waals surface area contributed by atoms with Crippen LogP contribution in [0.1, 0.15) is 6.92 Å². The molecule has 0 aliphatic heterocycles. The highest BCUT2D eigenvalue weighted by molar-refractivity contribution is 7.90. The van der Waals surface area contributed by atoms with Crippen molar-refractivity contribution in [3.8, 4) is 5.75 Å². The van der Waals surface area contributed by atoms with E-state index < -0.39 is 9.84 Å². The number of methoxy groups -OCH3 is 1. The summed E-state index contributed by atoms with van der Waals surface area (Å²) in [6.45, 7) is 1.73. The quantitative estimate of drug-likeness (QED) is 0.474. The molecule has 0 fully saturated rings. The summed E-state index contributed by atoms with van der Waals surface area (Å²) in [4.78, 5) is 7.87. The van der Waals surface area contributed by atoms with Crippen LogP contribution in [0, 0.1) is 0 Å². The number of sulfone groups is 1. The van der Waals surface area contributed by atoms with E-state index >= 15 is 0 Å². The van der Waals surface area contributed by atoms with Gasteiger partial charge in [0, 0.05) is 12.3 Å². The van der Waals surface area contributed by atoms with Gasteiger partial charge in [-0.3, -0.25) is 0 Å². The molecule has 1 aromatic heterocycles. The summed E-state index contributed by atoms with van der Waals surface area (Å²) in [7, 11) is -1.62. The van der Waals surface area contributed by atoms with Crippen molar-refractivity contribution in [1.82, 2.24) is 9.97 Å². The van der Waals surface area contributed by atoms with Gasteiger partial charge in [-0.25, -0.2) is 24.2 Å². The van der Waals surface area contributed by atoms with Gasteiger partial charge in [0.05, 0.1) is 12.9 Å². The lowest BCUT2D eigenvalue weighted by atomic mass is 10.3. The lowest BCUT2D eigenvalue weighted by Gasteiger charge is -2.16.